The Morgan fingerprint density at radius 3 is 2.58 bits per heavy atom. The van der Waals surface area contributed by atoms with Crippen molar-refractivity contribution >= 4 is 22.4 Å². The molecule has 0 atom stereocenters. The van der Waals surface area contributed by atoms with Gasteiger partial charge in [0.15, 0.2) is 0 Å². The molecule has 4 aromatic rings. The summed E-state index contributed by atoms with van der Waals surface area (Å²) in [6, 6.07) is 15.7. The van der Waals surface area contributed by atoms with Crippen LogP contribution < -0.4 is 10.9 Å². The average molecular weight is 483 g/mol. The predicted octanol–water partition coefficient (Wildman–Crippen LogP) is 4.08. The van der Waals surface area contributed by atoms with E-state index in [1.807, 2.05) is 36.4 Å². The first kappa shape index (κ1) is 23.8. The molecule has 3 heterocycles. The highest BCUT2D eigenvalue weighted by Crippen LogP contribution is 2.29. The highest BCUT2D eigenvalue weighted by molar-refractivity contribution is 5.92. The van der Waals surface area contributed by atoms with Gasteiger partial charge in [0.1, 0.15) is 11.4 Å². The largest absolute Gasteiger partial charge is 0.326 e. The Labute approximate surface area is 210 Å². The summed E-state index contributed by atoms with van der Waals surface area (Å²) in [7, 11) is 0. The Morgan fingerprint density at radius 1 is 1.03 bits per heavy atom. The number of anilines is 1. The summed E-state index contributed by atoms with van der Waals surface area (Å²) in [6.07, 6.45) is 7.95. The van der Waals surface area contributed by atoms with Crippen LogP contribution in [0.3, 0.4) is 0 Å². The van der Waals surface area contributed by atoms with Crippen molar-refractivity contribution in [3.05, 3.63) is 83.0 Å². The quantitative estimate of drug-likeness (QED) is 0.427. The molecule has 1 saturated heterocycles. The van der Waals surface area contributed by atoms with E-state index in [1.54, 1.807) is 23.3 Å². The van der Waals surface area contributed by atoms with Crippen molar-refractivity contribution in [3.8, 4) is 11.4 Å². The number of amides is 1. The zero-order valence-corrected chi connectivity index (χ0v) is 20.4. The van der Waals surface area contributed by atoms with Crippen molar-refractivity contribution in [1.82, 2.24) is 24.6 Å². The smallest absolute Gasteiger partial charge is 0.274 e. The highest BCUT2D eigenvalue weighted by atomic mass is 16.1. The number of fused-ring (bicyclic) bond motifs is 1. The van der Waals surface area contributed by atoms with E-state index in [9.17, 15) is 9.59 Å². The number of rotatable bonds is 7. The first-order chi connectivity index (χ1) is 17.6. The number of aryl methyl sites for hydroxylation is 1. The number of hydrogen-bond acceptors (Lipinski definition) is 6. The van der Waals surface area contributed by atoms with Gasteiger partial charge in [0, 0.05) is 36.9 Å². The van der Waals surface area contributed by atoms with Crippen molar-refractivity contribution in [2.75, 3.05) is 25.0 Å². The van der Waals surface area contributed by atoms with Gasteiger partial charge in [-0.05, 0) is 68.6 Å². The van der Waals surface area contributed by atoms with Crippen LogP contribution in [-0.4, -0.2) is 50.2 Å². The van der Waals surface area contributed by atoms with Crippen LogP contribution in [0.15, 0.2) is 71.9 Å². The van der Waals surface area contributed by atoms with Crippen molar-refractivity contribution in [2.24, 2.45) is 0 Å². The molecule has 0 bridgehead atoms. The topological polar surface area (TPSA) is 93.0 Å². The van der Waals surface area contributed by atoms with Crippen LogP contribution in [-0.2, 0) is 11.3 Å². The maximum absolute atomic E-state index is 13.1. The van der Waals surface area contributed by atoms with Crippen molar-refractivity contribution < 1.29 is 4.79 Å². The third-order valence-electron chi connectivity index (χ3n) is 6.78. The lowest BCUT2D eigenvalue weighted by Crippen LogP contribution is -2.34. The molecular weight excluding hydrogens is 452 g/mol. The van der Waals surface area contributed by atoms with Gasteiger partial charge in [0.05, 0.1) is 11.6 Å². The zero-order chi connectivity index (χ0) is 24.9. The van der Waals surface area contributed by atoms with Gasteiger partial charge < -0.3 is 10.2 Å². The minimum atomic E-state index is -0.0731. The first-order valence-electron chi connectivity index (χ1n) is 12.4. The molecule has 5 rings (SSSR count). The monoisotopic (exact) mass is 482 g/mol. The van der Waals surface area contributed by atoms with Crippen molar-refractivity contribution in [3.63, 3.8) is 0 Å². The van der Waals surface area contributed by atoms with Gasteiger partial charge in [-0.1, -0.05) is 30.3 Å². The van der Waals surface area contributed by atoms with Crippen LogP contribution in [0.5, 0.6) is 0 Å². The molecule has 1 N–H and O–H groups in total. The molecule has 0 spiro atoms. The molecule has 36 heavy (non-hydrogen) atoms. The Kier molecular flexibility index (Phi) is 7.13. The Bertz CT molecular complexity index is 1410. The second-order valence-corrected chi connectivity index (χ2v) is 9.29. The Hall–Kier alpha value is -3.91. The maximum atomic E-state index is 13.1. The highest BCUT2D eigenvalue weighted by Gasteiger charge is 2.21. The second-order valence-electron chi connectivity index (χ2n) is 9.29. The molecule has 1 aliphatic heterocycles. The van der Waals surface area contributed by atoms with Crippen molar-refractivity contribution in [2.45, 2.75) is 38.6 Å². The minimum absolute atomic E-state index is 0.0502. The zero-order valence-electron chi connectivity index (χ0n) is 20.4. The SMILES string of the molecule is CC(=O)Nc1cccc(C2CCN(CCCn3nc(-c4cnccn4)c4ccccc4c3=O)CC2)c1. The number of hydrogen-bond donors (Lipinski definition) is 1. The molecule has 2 aromatic carbocycles. The van der Waals surface area contributed by atoms with Crippen LogP contribution in [0.4, 0.5) is 5.69 Å². The minimum Gasteiger partial charge on any atom is -0.326 e. The van der Waals surface area contributed by atoms with E-state index in [0.717, 1.165) is 50.0 Å². The van der Waals surface area contributed by atoms with Gasteiger partial charge in [0.2, 0.25) is 5.91 Å². The average Bonchev–Trinajstić information content (AvgIpc) is 2.91. The van der Waals surface area contributed by atoms with E-state index in [2.05, 4.69) is 37.4 Å². The van der Waals surface area contributed by atoms with Gasteiger partial charge in [-0.2, -0.15) is 5.10 Å². The van der Waals surface area contributed by atoms with Gasteiger partial charge in [-0.3, -0.25) is 19.6 Å². The van der Waals surface area contributed by atoms with Crippen LogP contribution in [0.25, 0.3) is 22.2 Å². The van der Waals surface area contributed by atoms with Crippen molar-refractivity contribution in [1.29, 1.82) is 0 Å². The number of likely N-dealkylation sites (tertiary alicyclic amines) is 1. The van der Waals surface area contributed by atoms with Crippen LogP contribution >= 0.6 is 0 Å². The molecule has 0 radical (unpaired) electrons. The third kappa shape index (κ3) is 5.33. The van der Waals surface area contributed by atoms with E-state index in [1.165, 1.54) is 12.5 Å². The third-order valence-corrected chi connectivity index (χ3v) is 6.78. The Morgan fingerprint density at radius 2 is 1.83 bits per heavy atom. The second kappa shape index (κ2) is 10.8. The van der Waals surface area contributed by atoms with E-state index in [-0.39, 0.29) is 11.5 Å². The number of piperidine rings is 1. The summed E-state index contributed by atoms with van der Waals surface area (Å²) in [5.41, 5.74) is 3.41. The standard InChI is InChI=1S/C28H30N6O2/c1-20(35)31-23-7-4-6-22(18-23)21-10-16-33(17-11-21)14-5-15-34-28(36)25-9-3-2-8-24(25)27(32-34)26-19-29-12-13-30-26/h2-4,6-9,12-13,18-19,21H,5,10-11,14-17H2,1H3,(H,31,35). The van der Waals surface area contributed by atoms with Gasteiger partial charge in [-0.25, -0.2) is 4.68 Å². The molecule has 1 amide bonds. The lowest BCUT2D eigenvalue weighted by molar-refractivity contribution is -0.114. The van der Waals surface area contributed by atoms with Crippen LogP contribution in [0, 0.1) is 0 Å². The van der Waals surface area contributed by atoms with Gasteiger partial charge in [-0.15, -0.1) is 0 Å². The molecular formula is C28H30N6O2. The number of nitrogens with one attached hydrogen (secondary N) is 1. The summed E-state index contributed by atoms with van der Waals surface area (Å²) < 4.78 is 1.58. The molecule has 8 nitrogen and oxygen atoms in total. The summed E-state index contributed by atoms with van der Waals surface area (Å²) in [4.78, 5) is 35.5. The fourth-order valence-corrected chi connectivity index (χ4v) is 5.00. The lowest BCUT2D eigenvalue weighted by Gasteiger charge is -2.32. The van der Waals surface area contributed by atoms with Gasteiger partial charge >= 0.3 is 0 Å². The number of aromatic nitrogens is 4. The van der Waals surface area contributed by atoms with Gasteiger partial charge in [0.25, 0.3) is 5.56 Å². The number of carbonyl (C=O) groups is 1. The summed E-state index contributed by atoms with van der Waals surface area (Å²) in [5, 5.41) is 9.01. The maximum Gasteiger partial charge on any atom is 0.274 e. The van der Waals surface area contributed by atoms with E-state index in [0.29, 0.717) is 29.2 Å². The first-order valence-corrected chi connectivity index (χ1v) is 12.4. The molecule has 0 unspecified atom stereocenters. The van der Waals surface area contributed by atoms with Crippen LogP contribution in [0.2, 0.25) is 0 Å². The molecule has 8 heteroatoms. The number of nitrogens with zero attached hydrogens (tertiary/aromatic N) is 5. The fourth-order valence-electron chi connectivity index (χ4n) is 5.00. The fraction of sp³-hybridized carbons (Fsp3) is 0.321. The lowest BCUT2D eigenvalue weighted by atomic mass is 9.89. The molecule has 0 saturated carbocycles. The summed E-state index contributed by atoms with van der Waals surface area (Å²) in [5.74, 6) is 0.445. The molecule has 1 fully saturated rings. The molecule has 0 aliphatic carbocycles. The van der Waals surface area contributed by atoms with Crippen LogP contribution in [0.1, 0.15) is 37.7 Å². The molecule has 1 aliphatic rings. The molecule has 2 aromatic heterocycles. The Balaban J connectivity index is 1.22. The molecule has 184 valence electrons. The number of carbonyl (C=O) groups excluding carboxylic acids is 1. The predicted molar refractivity (Wildman–Crippen MR) is 141 cm³/mol. The van der Waals surface area contributed by atoms with E-state index in [4.69, 9.17) is 0 Å². The van der Waals surface area contributed by atoms with E-state index >= 15 is 0 Å². The van der Waals surface area contributed by atoms with E-state index < -0.39 is 0 Å². The number of benzene rings is 2. The normalized spacial score (nSPS) is 14.7. The summed E-state index contributed by atoms with van der Waals surface area (Å²) in [6.45, 7) is 5.03. The summed E-state index contributed by atoms with van der Waals surface area (Å²) >= 11 is 0.